The number of aromatic nitrogens is 4. The number of fused-ring (bicyclic) bond motifs is 1. The number of hydrogen-bond donors (Lipinski definition) is 2. The first kappa shape index (κ1) is 17.6. The molecule has 2 aromatic heterocycles. The van der Waals surface area contributed by atoms with Gasteiger partial charge in [-0.3, -0.25) is 4.79 Å². The maximum atomic E-state index is 13.2. The van der Waals surface area contributed by atoms with Gasteiger partial charge >= 0.3 is 6.01 Å². The van der Waals surface area contributed by atoms with Gasteiger partial charge in [-0.05, 0) is 24.6 Å². The van der Waals surface area contributed by atoms with Crippen molar-refractivity contribution in [1.82, 2.24) is 25.3 Å². The van der Waals surface area contributed by atoms with Crippen molar-refractivity contribution in [2.75, 3.05) is 20.8 Å². The average molecular weight is 359 g/mol. The van der Waals surface area contributed by atoms with Gasteiger partial charge in [-0.25, -0.2) is 9.37 Å². The fraction of sp³-hybridized carbons (Fsp3) is 0.294. The highest BCUT2D eigenvalue weighted by Gasteiger charge is 2.12. The second kappa shape index (κ2) is 7.77. The molecule has 9 heteroatoms. The Bertz CT molecular complexity index is 906. The third-order valence-corrected chi connectivity index (χ3v) is 3.68. The molecule has 136 valence electrons. The lowest BCUT2D eigenvalue weighted by Gasteiger charge is -2.07. The Morgan fingerprint density at radius 1 is 1.19 bits per heavy atom. The van der Waals surface area contributed by atoms with Crippen molar-refractivity contribution in [3.63, 3.8) is 0 Å². The molecular formula is C17H18FN5O3. The van der Waals surface area contributed by atoms with Gasteiger partial charge in [0.1, 0.15) is 17.3 Å². The largest absolute Gasteiger partial charge is 0.481 e. The fourth-order valence-electron chi connectivity index (χ4n) is 2.42. The lowest BCUT2D eigenvalue weighted by atomic mass is 10.3. The van der Waals surface area contributed by atoms with Crippen molar-refractivity contribution in [3.8, 4) is 11.9 Å². The van der Waals surface area contributed by atoms with Crippen LogP contribution in [0.5, 0.6) is 11.9 Å². The average Bonchev–Trinajstić information content (AvgIpc) is 3.06. The predicted octanol–water partition coefficient (Wildman–Crippen LogP) is 1.87. The van der Waals surface area contributed by atoms with E-state index in [1.807, 2.05) is 0 Å². The summed E-state index contributed by atoms with van der Waals surface area (Å²) in [6.07, 6.45) is 1.28. The molecule has 0 bridgehead atoms. The topological polar surface area (TPSA) is 102 Å². The number of carbonyl (C=O) groups is 1. The number of aromatic amines is 1. The predicted molar refractivity (Wildman–Crippen MR) is 91.8 cm³/mol. The number of carbonyl (C=O) groups excluding carboxylic acids is 1. The zero-order valence-electron chi connectivity index (χ0n) is 14.4. The zero-order valence-corrected chi connectivity index (χ0v) is 14.4. The van der Waals surface area contributed by atoms with Gasteiger partial charge in [0.2, 0.25) is 5.88 Å². The van der Waals surface area contributed by atoms with Gasteiger partial charge in [0, 0.05) is 19.0 Å². The van der Waals surface area contributed by atoms with Gasteiger partial charge < -0.3 is 19.8 Å². The van der Waals surface area contributed by atoms with Crippen LogP contribution in [0.3, 0.4) is 0 Å². The first-order valence-corrected chi connectivity index (χ1v) is 7.98. The van der Waals surface area contributed by atoms with E-state index in [0.717, 1.165) is 5.82 Å². The summed E-state index contributed by atoms with van der Waals surface area (Å²) in [5.41, 5.74) is 1.53. The lowest BCUT2D eigenvalue weighted by Crippen LogP contribution is -2.26. The van der Waals surface area contributed by atoms with Crippen LogP contribution in [0.2, 0.25) is 0 Å². The number of nitrogens with one attached hydrogen (secondary N) is 2. The number of imidazole rings is 1. The van der Waals surface area contributed by atoms with Crippen molar-refractivity contribution in [3.05, 3.63) is 41.6 Å². The van der Waals surface area contributed by atoms with Crippen molar-refractivity contribution < 1.29 is 18.7 Å². The number of halogens is 1. The van der Waals surface area contributed by atoms with E-state index in [1.165, 1.54) is 32.4 Å². The summed E-state index contributed by atoms with van der Waals surface area (Å²) >= 11 is 0. The minimum Gasteiger partial charge on any atom is -0.481 e. The minimum atomic E-state index is -0.351. The Morgan fingerprint density at radius 3 is 2.81 bits per heavy atom. The van der Waals surface area contributed by atoms with Crippen LogP contribution in [0.15, 0.2) is 24.3 Å². The molecule has 2 heterocycles. The summed E-state index contributed by atoms with van der Waals surface area (Å²) in [6.45, 7) is 0.429. The third-order valence-electron chi connectivity index (χ3n) is 3.68. The summed E-state index contributed by atoms with van der Waals surface area (Å²) in [6, 6.07) is 5.90. The Morgan fingerprint density at radius 2 is 2.04 bits per heavy atom. The minimum absolute atomic E-state index is 0.0593. The molecule has 8 nitrogen and oxygen atoms in total. The highest BCUT2D eigenvalue weighted by atomic mass is 19.1. The molecule has 1 amide bonds. The standard InChI is InChI=1S/C17H18FN5O3/c1-25-15-9-13(22-17(23-15)26-2)16(24)19-7-3-4-14-20-11-6-5-10(18)8-12(11)21-14/h5-6,8-9H,3-4,7H2,1-2H3,(H,19,24)(H,20,21). The SMILES string of the molecule is COc1cc(C(=O)NCCCc2nc3ccc(F)cc3[nH]2)nc(OC)n1. The Hall–Kier alpha value is -3.23. The molecular weight excluding hydrogens is 341 g/mol. The molecule has 3 aromatic rings. The van der Waals surface area contributed by atoms with Crippen LogP contribution in [0.1, 0.15) is 22.7 Å². The normalized spacial score (nSPS) is 10.7. The number of methoxy groups -OCH3 is 2. The second-order valence-electron chi connectivity index (χ2n) is 5.49. The first-order valence-electron chi connectivity index (χ1n) is 7.98. The molecule has 3 rings (SSSR count). The van der Waals surface area contributed by atoms with Crippen LogP contribution < -0.4 is 14.8 Å². The van der Waals surface area contributed by atoms with Gasteiger partial charge in [-0.2, -0.15) is 9.97 Å². The maximum absolute atomic E-state index is 13.2. The molecule has 0 saturated heterocycles. The molecule has 0 aliphatic carbocycles. The number of ether oxygens (including phenoxy) is 2. The summed E-state index contributed by atoms with van der Waals surface area (Å²) in [5, 5.41) is 2.77. The van der Waals surface area contributed by atoms with E-state index in [0.29, 0.717) is 30.4 Å². The Balaban J connectivity index is 1.55. The monoisotopic (exact) mass is 359 g/mol. The van der Waals surface area contributed by atoms with Gasteiger partial charge in [-0.1, -0.05) is 0 Å². The fourth-order valence-corrected chi connectivity index (χ4v) is 2.42. The summed E-state index contributed by atoms with van der Waals surface area (Å²) in [4.78, 5) is 27.6. The number of hydrogen-bond acceptors (Lipinski definition) is 6. The lowest BCUT2D eigenvalue weighted by molar-refractivity contribution is 0.0946. The summed E-state index contributed by atoms with van der Waals surface area (Å²) in [5.74, 6) is 0.327. The summed E-state index contributed by atoms with van der Waals surface area (Å²) in [7, 11) is 2.86. The molecule has 0 atom stereocenters. The van der Waals surface area contributed by atoms with Crippen molar-refractivity contribution >= 4 is 16.9 Å². The van der Waals surface area contributed by atoms with Gasteiger partial charge in [-0.15, -0.1) is 0 Å². The first-order chi connectivity index (χ1) is 12.6. The van der Waals surface area contributed by atoms with E-state index in [1.54, 1.807) is 6.07 Å². The molecule has 0 radical (unpaired) electrons. The summed E-state index contributed by atoms with van der Waals surface area (Å²) < 4.78 is 23.2. The molecule has 0 aliphatic rings. The zero-order chi connectivity index (χ0) is 18.5. The van der Waals surface area contributed by atoms with Crippen LogP contribution >= 0.6 is 0 Å². The maximum Gasteiger partial charge on any atom is 0.320 e. The van der Waals surface area contributed by atoms with E-state index in [4.69, 9.17) is 9.47 Å². The van der Waals surface area contributed by atoms with Crippen LogP contribution in [0.4, 0.5) is 4.39 Å². The number of amides is 1. The quantitative estimate of drug-likeness (QED) is 0.625. The smallest absolute Gasteiger partial charge is 0.320 e. The van der Waals surface area contributed by atoms with E-state index < -0.39 is 0 Å². The molecule has 0 aliphatic heterocycles. The number of aryl methyl sites for hydroxylation is 1. The van der Waals surface area contributed by atoms with Gasteiger partial charge in [0.15, 0.2) is 0 Å². The number of nitrogens with zero attached hydrogens (tertiary/aromatic N) is 3. The number of benzene rings is 1. The van der Waals surface area contributed by atoms with Crippen LogP contribution in [-0.2, 0) is 6.42 Å². The molecule has 1 aromatic carbocycles. The van der Waals surface area contributed by atoms with Gasteiger partial charge in [0.05, 0.1) is 25.3 Å². The van der Waals surface area contributed by atoms with E-state index in [9.17, 15) is 9.18 Å². The number of H-pyrrole nitrogens is 1. The molecule has 2 N–H and O–H groups in total. The van der Waals surface area contributed by atoms with E-state index in [2.05, 4.69) is 25.3 Å². The molecule has 0 saturated carbocycles. The highest BCUT2D eigenvalue weighted by molar-refractivity contribution is 5.92. The Labute approximate surface area is 148 Å². The third kappa shape index (κ3) is 4.05. The Kier molecular flexibility index (Phi) is 5.26. The number of rotatable bonds is 7. The molecule has 26 heavy (non-hydrogen) atoms. The van der Waals surface area contributed by atoms with E-state index in [-0.39, 0.29) is 29.3 Å². The van der Waals surface area contributed by atoms with E-state index >= 15 is 0 Å². The van der Waals surface area contributed by atoms with Crippen LogP contribution in [0, 0.1) is 5.82 Å². The van der Waals surface area contributed by atoms with Crippen LogP contribution in [0.25, 0.3) is 11.0 Å². The van der Waals surface area contributed by atoms with Crippen LogP contribution in [-0.4, -0.2) is 46.6 Å². The van der Waals surface area contributed by atoms with Crippen molar-refractivity contribution in [2.45, 2.75) is 12.8 Å². The van der Waals surface area contributed by atoms with Gasteiger partial charge in [0.25, 0.3) is 5.91 Å². The highest BCUT2D eigenvalue weighted by Crippen LogP contribution is 2.14. The molecule has 0 spiro atoms. The van der Waals surface area contributed by atoms with Crippen molar-refractivity contribution in [2.24, 2.45) is 0 Å². The van der Waals surface area contributed by atoms with Crippen molar-refractivity contribution in [1.29, 1.82) is 0 Å². The molecule has 0 fully saturated rings. The molecule has 0 unspecified atom stereocenters. The second-order valence-corrected chi connectivity index (χ2v) is 5.49.